The maximum atomic E-state index is 12.2. The summed E-state index contributed by atoms with van der Waals surface area (Å²) in [5.41, 5.74) is 6.74. The smallest absolute Gasteiger partial charge is 0.319 e. The molecule has 3 rings (SSSR count). The number of rotatable bonds is 4. The van der Waals surface area contributed by atoms with Crippen molar-refractivity contribution in [3.05, 3.63) is 41.5 Å². The van der Waals surface area contributed by atoms with Gasteiger partial charge in [-0.2, -0.15) is 0 Å². The summed E-state index contributed by atoms with van der Waals surface area (Å²) in [5, 5.41) is 5.55. The van der Waals surface area contributed by atoms with Crippen molar-refractivity contribution in [2.45, 2.75) is 25.3 Å². The first-order valence-corrected chi connectivity index (χ1v) is 7.56. The summed E-state index contributed by atoms with van der Waals surface area (Å²) in [6, 6.07) is 2.81. The van der Waals surface area contributed by atoms with Gasteiger partial charge in [-0.1, -0.05) is 0 Å². The number of hydrogen-bond donors (Lipinski definition) is 3. The van der Waals surface area contributed by atoms with Crippen LogP contribution in [0.3, 0.4) is 0 Å². The Morgan fingerprint density at radius 1 is 1.46 bits per heavy atom. The molecule has 4 N–H and O–H groups in total. The molecule has 2 heterocycles. The summed E-state index contributed by atoms with van der Waals surface area (Å²) in [4.78, 5) is 27.6. The summed E-state index contributed by atoms with van der Waals surface area (Å²) in [6.45, 7) is 0. The number of carbonyl (C=O) groups is 2. The minimum atomic E-state index is -0.682. The molecule has 2 aromatic heterocycles. The summed E-state index contributed by atoms with van der Waals surface area (Å²) >= 11 is 0. The number of methoxy groups -OCH3 is 1. The summed E-state index contributed by atoms with van der Waals surface area (Å²) in [6.07, 6.45) is 5.70. The van der Waals surface area contributed by atoms with E-state index in [-0.39, 0.29) is 17.5 Å². The molecule has 2 aromatic rings. The van der Waals surface area contributed by atoms with Crippen LogP contribution in [0.4, 0.5) is 10.5 Å². The van der Waals surface area contributed by atoms with E-state index in [2.05, 4.69) is 15.6 Å². The van der Waals surface area contributed by atoms with Gasteiger partial charge in [0.2, 0.25) is 5.88 Å². The van der Waals surface area contributed by atoms with Crippen LogP contribution in [0, 0.1) is 0 Å². The van der Waals surface area contributed by atoms with Gasteiger partial charge in [-0.05, 0) is 25.0 Å². The van der Waals surface area contributed by atoms with Crippen LogP contribution in [-0.4, -0.2) is 24.0 Å². The fraction of sp³-hybridized carbons (Fsp3) is 0.312. The number of aromatic nitrogens is 1. The molecule has 3 amide bonds. The van der Waals surface area contributed by atoms with Crippen LogP contribution in [0.2, 0.25) is 0 Å². The van der Waals surface area contributed by atoms with E-state index in [1.54, 1.807) is 6.26 Å². The van der Waals surface area contributed by atoms with E-state index < -0.39 is 11.9 Å². The average Bonchev–Trinajstić information content (AvgIpc) is 3.04. The van der Waals surface area contributed by atoms with Gasteiger partial charge >= 0.3 is 6.03 Å². The predicted molar refractivity (Wildman–Crippen MR) is 85.8 cm³/mol. The second-order valence-corrected chi connectivity index (χ2v) is 5.49. The van der Waals surface area contributed by atoms with E-state index >= 15 is 0 Å². The molecule has 0 fully saturated rings. The van der Waals surface area contributed by atoms with Crippen LogP contribution in [0.5, 0.6) is 5.88 Å². The molecule has 24 heavy (non-hydrogen) atoms. The highest BCUT2D eigenvalue weighted by atomic mass is 16.5. The van der Waals surface area contributed by atoms with Gasteiger partial charge in [-0.3, -0.25) is 4.79 Å². The lowest BCUT2D eigenvalue weighted by Crippen LogP contribution is -2.34. The van der Waals surface area contributed by atoms with Gasteiger partial charge < -0.3 is 25.5 Å². The van der Waals surface area contributed by atoms with Crippen molar-refractivity contribution >= 4 is 17.6 Å². The normalized spacial score (nSPS) is 16.1. The van der Waals surface area contributed by atoms with Gasteiger partial charge in [0.1, 0.15) is 11.3 Å². The van der Waals surface area contributed by atoms with E-state index in [0.29, 0.717) is 5.69 Å². The van der Waals surface area contributed by atoms with Crippen LogP contribution in [0.25, 0.3) is 0 Å². The molecular weight excluding hydrogens is 312 g/mol. The van der Waals surface area contributed by atoms with E-state index in [9.17, 15) is 9.59 Å². The average molecular weight is 330 g/mol. The van der Waals surface area contributed by atoms with Gasteiger partial charge in [0.05, 0.1) is 31.3 Å². The lowest BCUT2D eigenvalue weighted by Gasteiger charge is -2.22. The van der Waals surface area contributed by atoms with Gasteiger partial charge in [0, 0.05) is 12.0 Å². The lowest BCUT2D eigenvalue weighted by atomic mass is 9.93. The summed E-state index contributed by atoms with van der Waals surface area (Å²) < 4.78 is 10.4. The number of fused-ring (bicyclic) bond motifs is 1. The topological polar surface area (TPSA) is 119 Å². The number of furan rings is 1. The van der Waals surface area contributed by atoms with Crippen molar-refractivity contribution in [1.82, 2.24) is 10.3 Å². The number of aryl methyl sites for hydroxylation is 1. The number of urea groups is 1. The Balaban J connectivity index is 1.70. The molecule has 1 aliphatic carbocycles. The Morgan fingerprint density at radius 3 is 3.04 bits per heavy atom. The minimum absolute atomic E-state index is 0.102. The van der Waals surface area contributed by atoms with E-state index in [4.69, 9.17) is 14.9 Å². The third-order valence-corrected chi connectivity index (χ3v) is 3.93. The van der Waals surface area contributed by atoms with Crippen LogP contribution >= 0.6 is 0 Å². The number of ether oxygens (including phenoxy) is 1. The molecule has 0 unspecified atom stereocenters. The third kappa shape index (κ3) is 3.17. The number of pyridine rings is 1. The molecular formula is C16H18N4O4. The molecule has 0 saturated heterocycles. The fourth-order valence-electron chi connectivity index (χ4n) is 2.82. The molecule has 8 nitrogen and oxygen atoms in total. The monoisotopic (exact) mass is 330 g/mol. The molecule has 0 aliphatic heterocycles. The predicted octanol–water partition coefficient (Wildman–Crippen LogP) is 1.98. The Labute approximate surface area is 138 Å². The quantitative estimate of drug-likeness (QED) is 0.792. The van der Waals surface area contributed by atoms with Gasteiger partial charge in [0.25, 0.3) is 5.91 Å². The van der Waals surface area contributed by atoms with E-state index in [0.717, 1.165) is 30.6 Å². The number of hydrogen-bond acceptors (Lipinski definition) is 5. The minimum Gasteiger partial charge on any atom is -0.480 e. The van der Waals surface area contributed by atoms with Crippen molar-refractivity contribution in [3.63, 3.8) is 0 Å². The Kier molecular flexibility index (Phi) is 4.37. The molecule has 126 valence electrons. The Hall–Kier alpha value is -3.03. The van der Waals surface area contributed by atoms with Crippen LogP contribution in [-0.2, 0) is 6.42 Å². The van der Waals surface area contributed by atoms with Gasteiger partial charge in [-0.25, -0.2) is 9.78 Å². The number of amides is 3. The fourth-order valence-corrected chi connectivity index (χ4v) is 2.82. The van der Waals surface area contributed by atoms with Gasteiger partial charge in [-0.15, -0.1) is 0 Å². The molecule has 0 saturated carbocycles. The number of nitrogens with one attached hydrogen (secondary N) is 2. The van der Waals surface area contributed by atoms with Gasteiger partial charge in [0.15, 0.2) is 0 Å². The molecule has 0 radical (unpaired) electrons. The second kappa shape index (κ2) is 6.61. The largest absolute Gasteiger partial charge is 0.480 e. The molecule has 0 spiro atoms. The Morgan fingerprint density at radius 2 is 2.29 bits per heavy atom. The molecule has 1 atom stereocenters. The summed E-state index contributed by atoms with van der Waals surface area (Å²) in [7, 11) is 1.39. The molecule has 0 bridgehead atoms. The Bertz CT molecular complexity index is 771. The van der Waals surface area contributed by atoms with Crippen molar-refractivity contribution < 1.29 is 18.7 Å². The molecule has 8 heteroatoms. The van der Waals surface area contributed by atoms with Crippen LogP contribution < -0.4 is 21.1 Å². The SMILES string of the molecule is COc1ncc(NC(=O)N[C@@H]2CCCc3occc32)cc1C(N)=O. The number of carbonyl (C=O) groups excluding carboxylic acids is 2. The second-order valence-electron chi connectivity index (χ2n) is 5.49. The number of primary amides is 1. The van der Waals surface area contributed by atoms with Crippen LogP contribution in [0.15, 0.2) is 29.0 Å². The van der Waals surface area contributed by atoms with Crippen molar-refractivity contribution in [2.24, 2.45) is 5.73 Å². The van der Waals surface area contributed by atoms with Crippen molar-refractivity contribution in [1.29, 1.82) is 0 Å². The highest BCUT2D eigenvalue weighted by Gasteiger charge is 2.24. The zero-order valence-corrected chi connectivity index (χ0v) is 13.2. The number of nitrogens with zero attached hydrogens (tertiary/aromatic N) is 1. The van der Waals surface area contributed by atoms with Crippen molar-refractivity contribution in [3.8, 4) is 5.88 Å². The van der Waals surface area contributed by atoms with Crippen molar-refractivity contribution in [2.75, 3.05) is 12.4 Å². The molecule has 0 aromatic carbocycles. The zero-order valence-electron chi connectivity index (χ0n) is 13.2. The molecule has 1 aliphatic rings. The highest BCUT2D eigenvalue weighted by Crippen LogP contribution is 2.30. The first kappa shape index (κ1) is 15.9. The van der Waals surface area contributed by atoms with E-state index in [1.807, 2.05) is 6.07 Å². The maximum Gasteiger partial charge on any atom is 0.319 e. The zero-order chi connectivity index (χ0) is 17.1. The third-order valence-electron chi connectivity index (χ3n) is 3.93. The highest BCUT2D eigenvalue weighted by molar-refractivity contribution is 5.97. The maximum absolute atomic E-state index is 12.2. The standard InChI is InChI=1S/C16H18N4O4/c1-23-15-11(14(17)21)7-9(8-18-15)19-16(22)20-12-3-2-4-13-10(12)5-6-24-13/h5-8,12H,2-4H2,1H3,(H2,17,21)(H2,19,20,22)/t12-/m1/s1. The number of anilines is 1. The summed E-state index contributed by atoms with van der Waals surface area (Å²) in [5.74, 6) is 0.344. The first-order chi connectivity index (χ1) is 11.6. The first-order valence-electron chi connectivity index (χ1n) is 7.56. The number of nitrogens with two attached hydrogens (primary N) is 1. The van der Waals surface area contributed by atoms with Crippen LogP contribution in [0.1, 0.15) is 40.6 Å². The lowest BCUT2D eigenvalue weighted by molar-refractivity contribution is 0.0996. The van der Waals surface area contributed by atoms with E-state index in [1.165, 1.54) is 19.4 Å².